The van der Waals surface area contributed by atoms with E-state index in [-0.39, 0.29) is 0 Å². The van der Waals surface area contributed by atoms with Crippen molar-refractivity contribution in [1.82, 2.24) is 15.2 Å². The zero-order chi connectivity index (χ0) is 14.5. The van der Waals surface area contributed by atoms with E-state index in [1.807, 2.05) is 13.1 Å². The molecule has 0 saturated carbocycles. The van der Waals surface area contributed by atoms with Gasteiger partial charge in [0.1, 0.15) is 5.75 Å². The SMILES string of the molecule is CCN(Cc1ncc(C)c(OC)c1C)CC1CCCN1. The number of hydrogen-bond donors (Lipinski definition) is 1. The Bertz CT molecular complexity index is 442. The lowest BCUT2D eigenvalue weighted by molar-refractivity contribution is 0.249. The summed E-state index contributed by atoms with van der Waals surface area (Å²) >= 11 is 0. The second kappa shape index (κ2) is 7.04. The van der Waals surface area contributed by atoms with Crippen LogP contribution in [0.15, 0.2) is 6.20 Å². The van der Waals surface area contributed by atoms with Crippen molar-refractivity contribution in [2.45, 2.75) is 46.2 Å². The summed E-state index contributed by atoms with van der Waals surface area (Å²) in [6, 6.07) is 0.641. The Morgan fingerprint density at radius 1 is 1.45 bits per heavy atom. The molecule has 2 heterocycles. The highest BCUT2D eigenvalue weighted by Crippen LogP contribution is 2.24. The zero-order valence-electron chi connectivity index (χ0n) is 13.2. The lowest BCUT2D eigenvalue weighted by atomic mass is 10.1. The molecule has 112 valence electrons. The molecular weight excluding hydrogens is 250 g/mol. The van der Waals surface area contributed by atoms with Crippen LogP contribution in [-0.4, -0.2) is 42.7 Å². The first-order valence-electron chi connectivity index (χ1n) is 7.60. The number of nitrogens with one attached hydrogen (secondary N) is 1. The van der Waals surface area contributed by atoms with Gasteiger partial charge in [0.05, 0.1) is 12.8 Å². The van der Waals surface area contributed by atoms with Gasteiger partial charge >= 0.3 is 0 Å². The van der Waals surface area contributed by atoms with Gasteiger partial charge in [-0.15, -0.1) is 0 Å². The highest BCUT2D eigenvalue weighted by Gasteiger charge is 2.18. The van der Waals surface area contributed by atoms with E-state index < -0.39 is 0 Å². The Kier molecular flexibility index (Phi) is 5.38. The molecule has 1 fully saturated rings. The van der Waals surface area contributed by atoms with E-state index in [0.717, 1.165) is 43.2 Å². The second-order valence-electron chi connectivity index (χ2n) is 5.67. The first-order chi connectivity index (χ1) is 9.65. The smallest absolute Gasteiger partial charge is 0.128 e. The highest BCUT2D eigenvalue weighted by molar-refractivity contribution is 5.41. The zero-order valence-corrected chi connectivity index (χ0v) is 13.2. The fourth-order valence-electron chi connectivity index (χ4n) is 2.97. The first kappa shape index (κ1) is 15.3. The van der Waals surface area contributed by atoms with Gasteiger partial charge in [0.15, 0.2) is 0 Å². The molecule has 4 heteroatoms. The summed E-state index contributed by atoms with van der Waals surface area (Å²) in [6.07, 6.45) is 4.51. The predicted octanol–water partition coefficient (Wildman–Crippen LogP) is 2.28. The Morgan fingerprint density at radius 3 is 2.85 bits per heavy atom. The Hall–Kier alpha value is -1.13. The third kappa shape index (κ3) is 3.49. The standard InChI is InChI=1S/C16H27N3O/c1-5-19(10-14-7-6-8-17-14)11-15-13(3)16(20-4)12(2)9-18-15/h9,14,17H,5-8,10-11H2,1-4H3. The average molecular weight is 277 g/mol. The summed E-state index contributed by atoms with van der Waals surface area (Å²) < 4.78 is 5.49. The van der Waals surface area contributed by atoms with Gasteiger partial charge in [-0.25, -0.2) is 0 Å². The van der Waals surface area contributed by atoms with Crippen LogP contribution in [0.25, 0.3) is 0 Å². The minimum Gasteiger partial charge on any atom is -0.496 e. The van der Waals surface area contributed by atoms with Gasteiger partial charge in [-0.1, -0.05) is 6.92 Å². The fourth-order valence-corrected chi connectivity index (χ4v) is 2.97. The Balaban J connectivity index is 2.06. The van der Waals surface area contributed by atoms with E-state index >= 15 is 0 Å². The summed E-state index contributed by atoms with van der Waals surface area (Å²) in [5.74, 6) is 0.977. The van der Waals surface area contributed by atoms with Gasteiger partial charge in [0, 0.05) is 36.5 Å². The van der Waals surface area contributed by atoms with Gasteiger partial charge in [-0.05, 0) is 39.8 Å². The maximum atomic E-state index is 5.49. The highest BCUT2D eigenvalue weighted by atomic mass is 16.5. The number of methoxy groups -OCH3 is 1. The summed E-state index contributed by atoms with van der Waals surface area (Å²) in [7, 11) is 1.74. The van der Waals surface area contributed by atoms with Crippen molar-refractivity contribution in [3.05, 3.63) is 23.0 Å². The molecule has 4 nitrogen and oxygen atoms in total. The molecule has 20 heavy (non-hydrogen) atoms. The number of likely N-dealkylation sites (N-methyl/N-ethyl adjacent to an activating group) is 1. The molecule has 1 aromatic rings. The van der Waals surface area contributed by atoms with Crippen LogP contribution in [0.2, 0.25) is 0 Å². The molecule has 1 aliphatic heterocycles. The first-order valence-corrected chi connectivity index (χ1v) is 7.60. The Labute approximate surface area is 122 Å². The molecule has 0 aliphatic carbocycles. The van der Waals surface area contributed by atoms with Gasteiger partial charge in [-0.2, -0.15) is 0 Å². The van der Waals surface area contributed by atoms with Gasteiger partial charge in [-0.3, -0.25) is 9.88 Å². The molecule has 2 rings (SSSR count). The van der Waals surface area contributed by atoms with Crippen LogP contribution in [0.3, 0.4) is 0 Å². The van der Waals surface area contributed by atoms with Crippen molar-refractivity contribution in [3.8, 4) is 5.75 Å². The van der Waals surface area contributed by atoms with Crippen LogP contribution in [0.4, 0.5) is 0 Å². The van der Waals surface area contributed by atoms with Crippen molar-refractivity contribution in [3.63, 3.8) is 0 Å². The van der Waals surface area contributed by atoms with E-state index in [0.29, 0.717) is 6.04 Å². The number of pyridine rings is 1. The Morgan fingerprint density at radius 2 is 2.25 bits per heavy atom. The van der Waals surface area contributed by atoms with E-state index in [1.54, 1.807) is 7.11 Å². The topological polar surface area (TPSA) is 37.4 Å². The van der Waals surface area contributed by atoms with Crippen molar-refractivity contribution in [2.24, 2.45) is 0 Å². The summed E-state index contributed by atoms with van der Waals surface area (Å²) in [5, 5.41) is 3.57. The largest absolute Gasteiger partial charge is 0.496 e. The van der Waals surface area contributed by atoms with Gasteiger partial charge in [0.2, 0.25) is 0 Å². The predicted molar refractivity (Wildman–Crippen MR) is 82.2 cm³/mol. The quantitative estimate of drug-likeness (QED) is 0.865. The molecule has 1 atom stereocenters. The molecule has 1 N–H and O–H groups in total. The third-order valence-electron chi connectivity index (χ3n) is 4.21. The number of nitrogens with zero attached hydrogens (tertiary/aromatic N) is 2. The maximum absolute atomic E-state index is 5.49. The molecule has 1 saturated heterocycles. The van der Waals surface area contributed by atoms with Crippen molar-refractivity contribution in [2.75, 3.05) is 26.7 Å². The van der Waals surface area contributed by atoms with E-state index in [2.05, 4.69) is 29.0 Å². The third-order valence-corrected chi connectivity index (χ3v) is 4.21. The number of hydrogen-bond acceptors (Lipinski definition) is 4. The van der Waals surface area contributed by atoms with E-state index in [1.165, 1.54) is 18.4 Å². The monoisotopic (exact) mass is 277 g/mol. The van der Waals surface area contributed by atoms with Crippen molar-refractivity contribution in [1.29, 1.82) is 0 Å². The molecule has 0 aromatic carbocycles. The molecule has 0 amide bonds. The minimum atomic E-state index is 0.641. The lowest BCUT2D eigenvalue weighted by Crippen LogP contribution is -2.37. The van der Waals surface area contributed by atoms with Crippen LogP contribution in [0, 0.1) is 13.8 Å². The van der Waals surface area contributed by atoms with Gasteiger partial charge in [0.25, 0.3) is 0 Å². The molecule has 1 unspecified atom stereocenters. The summed E-state index contributed by atoms with van der Waals surface area (Å²) in [4.78, 5) is 7.07. The van der Waals surface area contributed by atoms with Crippen LogP contribution in [0.5, 0.6) is 5.75 Å². The number of aromatic nitrogens is 1. The van der Waals surface area contributed by atoms with Crippen LogP contribution < -0.4 is 10.1 Å². The van der Waals surface area contributed by atoms with E-state index in [9.17, 15) is 0 Å². The van der Waals surface area contributed by atoms with Crippen LogP contribution >= 0.6 is 0 Å². The normalized spacial score (nSPS) is 18.8. The second-order valence-corrected chi connectivity index (χ2v) is 5.67. The van der Waals surface area contributed by atoms with E-state index in [4.69, 9.17) is 4.74 Å². The van der Waals surface area contributed by atoms with Crippen LogP contribution in [-0.2, 0) is 6.54 Å². The molecule has 0 radical (unpaired) electrons. The lowest BCUT2D eigenvalue weighted by Gasteiger charge is -2.25. The molecule has 0 spiro atoms. The van der Waals surface area contributed by atoms with Crippen molar-refractivity contribution < 1.29 is 4.74 Å². The summed E-state index contributed by atoms with van der Waals surface area (Å²) in [6.45, 7) is 10.6. The number of ether oxygens (including phenoxy) is 1. The molecule has 1 aliphatic rings. The molecule has 0 bridgehead atoms. The van der Waals surface area contributed by atoms with Gasteiger partial charge < -0.3 is 10.1 Å². The molecular formula is C16H27N3O. The minimum absolute atomic E-state index is 0.641. The maximum Gasteiger partial charge on any atom is 0.128 e. The number of aryl methyl sites for hydroxylation is 1. The van der Waals surface area contributed by atoms with Crippen molar-refractivity contribution >= 4 is 0 Å². The number of rotatable bonds is 6. The molecule has 1 aromatic heterocycles. The van der Waals surface area contributed by atoms with Crippen LogP contribution in [0.1, 0.15) is 36.6 Å². The fraction of sp³-hybridized carbons (Fsp3) is 0.688. The summed E-state index contributed by atoms with van der Waals surface area (Å²) in [5.41, 5.74) is 3.41. The average Bonchev–Trinajstić information content (AvgIpc) is 2.94.